The zero-order valence-electron chi connectivity index (χ0n) is 19.1. The summed E-state index contributed by atoms with van der Waals surface area (Å²) in [5.74, 6) is 0.936. The van der Waals surface area contributed by atoms with Crippen LogP contribution in [-0.4, -0.2) is 55.8 Å². The van der Waals surface area contributed by atoms with Crippen molar-refractivity contribution in [1.29, 1.82) is 0 Å². The highest BCUT2D eigenvalue weighted by molar-refractivity contribution is 5.98. The van der Waals surface area contributed by atoms with Crippen LogP contribution >= 0.6 is 0 Å². The van der Waals surface area contributed by atoms with Crippen LogP contribution in [0, 0.1) is 10.1 Å². The molecule has 0 unspecified atom stereocenters. The molecule has 4 aromatic rings. The number of fused-ring (bicyclic) bond motifs is 1. The van der Waals surface area contributed by atoms with Crippen molar-refractivity contribution in [2.24, 2.45) is 5.73 Å². The third-order valence-electron chi connectivity index (χ3n) is 6.27. The van der Waals surface area contributed by atoms with Gasteiger partial charge >= 0.3 is 5.69 Å². The summed E-state index contributed by atoms with van der Waals surface area (Å²) >= 11 is 0. The smallest absolute Gasteiger partial charge is 0.312 e. The average molecular weight is 475 g/mol. The van der Waals surface area contributed by atoms with Gasteiger partial charge in [-0.1, -0.05) is 18.2 Å². The van der Waals surface area contributed by atoms with Gasteiger partial charge in [-0.3, -0.25) is 10.1 Å². The van der Waals surface area contributed by atoms with Gasteiger partial charge in [-0.15, -0.1) is 0 Å². The molecule has 1 aliphatic heterocycles. The summed E-state index contributed by atoms with van der Waals surface area (Å²) in [5, 5.41) is 17.3. The number of para-hydroxylation sites is 1. The van der Waals surface area contributed by atoms with Crippen molar-refractivity contribution in [2.75, 3.05) is 31.9 Å². The second-order valence-corrected chi connectivity index (χ2v) is 8.47. The lowest BCUT2D eigenvalue weighted by molar-refractivity contribution is -0.385. The summed E-state index contributed by atoms with van der Waals surface area (Å²) in [6.45, 7) is 3.33. The summed E-state index contributed by atoms with van der Waals surface area (Å²) in [6, 6.07) is 13.8. The van der Waals surface area contributed by atoms with E-state index in [0.29, 0.717) is 34.6 Å². The lowest BCUT2D eigenvalue weighted by atomic mass is 10.1. The van der Waals surface area contributed by atoms with E-state index in [2.05, 4.69) is 14.9 Å². The van der Waals surface area contributed by atoms with Crippen LogP contribution in [0.2, 0.25) is 0 Å². The van der Waals surface area contributed by atoms with Gasteiger partial charge in [0.05, 0.1) is 16.4 Å². The van der Waals surface area contributed by atoms with E-state index in [0.717, 1.165) is 32.5 Å². The number of anilines is 1. The largest absolute Gasteiger partial charge is 0.450 e. The molecule has 0 saturated carbocycles. The predicted octanol–water partition coefficient (Wildman–Crippen LogP) is 3.37. The van der Waals surface area contributed by atoms with E-state index in [1.807, 2.05) is 10.7 Å². The van der Waals surface area contributed by atoms with E-state index in [-0.39, 0.29) is 23.3 Å². The van der Waals surface area contributed by atoms with Crippen molar-refractivity contribution in [3.05, 3.63) is 65.0 Å². The minimum Gasteiger partial charge on any atom is -0.450 e. The maximum absolute atomic E-state index is 11.9. The first-order chi connectivity index (χ1) is 17.0. The molecule has 1 aliphatic rings. The van der Waals surface area contributed by atoms with E-state index in [9.17, 15) is 10.1 Å². The number of hydrogen-bond acceptors (Lipinski definition) is 9. The topological polar surface area (TPSA) is 151 Å². The molecular weight excluding hydrogens is 448 g/mol. The zero-order chi connectivity index (χ0) is 24.4. The molecule has 0 aliphatic carbocycles. The molecule has 2 aromatic heterocycles. The number of likely N-dealkylation sites (tertiary alicyclic amines) is 1. The van der Waals surface area contributed by atoms with Gasteiger partial charge in [0.1, 0.15) is 23.6 Å². The van der Waals surface area contributed by atoms with Crippen molar-refractivity contribution in [2.45, 2.75) is 18.9 Å². The number of nitrogen functional groups attached to an aromatic ring is 1. The number of nitrogens with two attached hydrogens (primary N) is 2. The summed E-state index contributed by atoms with van der Waals surface area (Å²) in [4.78, 5) is 22.4. The molecule has 1 saturated heterocycles. The third-order valence-corrected chi connectivity index (χ3v) is 6.27. The normalized spacial score (nSPS) is 14.9. The Morgan fingerprint density at radius 2 is 1.89 bits per heavy atom. The Hall–Kier alpha value is -4.09. The molecule has 0 amide bonds. The maximum Gasteiger partial charge on any atom is 0.312 e. The Kier molecular flexibility index (Phi) is 6.25. The first kappa shape index (κ1) is 22.7. The molecule has 5 rings (SSSR count). The van der Waals surface area contributed by atoms with Crippen LogP contribution in [0.3, 0.4) is 0 Å². The van der Waals surface area contributed by atoms with Gasteiger partial charge in [0.2, 0.25) is 5.75 Å². The van der Waals surface area contributed by atoms with Crippen molar-refractivity contribution in [3.63, 3.8) is 0 Å². The number of ether oxygens (including phenoxy) is 1. The SMILES string of the molecule is NCCN1CCC(n2nc(-c3ccc(Oc4ccccc4)c([N+](=O)[O-])c3)c3c(N)ncnc32)CC1. The van der Waals surface area contributed by atoms with Gasteiger partial charge in [0, 0.05) is 37.8 Å². The summed E-state index contributed by atoms with van der Waals surface area (Å²) < 4.78 is 7.66. The molecule has 0 atom stereocenters. The van der Waals surface area contributed by atoms with E-state index < -0.39 is 4.92 Å². The van der Waals surface area contributed by atoms with Gasteiger partial charge in [-0.2, -0.15) is 5.10 Å². The minimum atomic E-state index is -0.464. The molecule has 2 aromatic carbocycles. The van der Waals surface area contributed by atoms with Crippen LogP contribution < -0.4 is 16.2 Å². The van der Waals surface area contributed by atoms with E-state index in [1.165, 1.54) is 12.4 Å². The quantitative estimate of drug-likeness (QED) is 0.303. The third kappa shape index (κ3) is 4.51. The molecule has 0 spiro atoms. The average Bonchev–Trinajstić information content (AvgIpc) is 3.26. The van der Waals surface area contributed by atoms with Gasteiger partial charge in [0.15, 0.2) is 5.65 Å². The van der Waals surface area contributed by atoms with Gasteiger partial charge < -0.3 is 21.1 Å². The summed E-state index contributed by atoms with van der Waals surface area (Å²) in [6.07, 6.45) is 3.21. The van der Waals surface area contributed by atoms with Crippen molar-refractivity contribution in [1.82, 2.24) is 24.6 Å². The number of nitro groups is 1. The number of rotatable bonds is 7. The summed E-state index contributed by atoms with van der Waals surface area (Å²) in [7, 11) is 0. The Morgan fingerprint density at radius 1 is 1.11 bits per heavy atom. The van der Waals surface area contributed by atoms with Crippen LogP contribution in [0.15, 0.2) is 54.9 Å². The highest BCUT2D eigenvalue weighted by atomic mass is 16.6. The molecule has 180 valence electrons. The van der Waals surface area contributed by atoms with Gasteiger partial charge in [-0.05, 0) is 37.1 Å². The second-order valence-electron chi connectivity index (χ2n) is 8.47. The van der Waals surface area contributed by atoms with Crippen LogP contribution in [0.4, 0.5) is 11.5 Å². The molecule has 11 nitrogen and oxygen atoms in total. The zero-order valence-corrected chi connectivity index (χ0v) is 19.1. The van der Waals surface area contributed by atoms with Crippen molar-refractivity contribution >= 4 is 22.5 Å². The van der Waals surface area contributed by atoms with Crippen molar-refractivity contribution < 1.29 is 9.66 Å². The first-order valence-electron chi connectivity index (χ1n) is 11.5. The molecule has 0 radical (unpaired) electrons. The molecular formula is C24H26N8O3. The van der Waals surface area contributed by atoms with Gasteiger partial charge in [-0.25, -0.2) is 14.6 Å². The van der Waals surface area contributed by atoms with Gasteiger partial charge in [0.25, 0.3) is 0 Å². The molecule has 35 heavy (non-hydrogen) atoms. The molecule has 0 bridgehead atoms. The molecule has 3 heterocycles. The lowest BCUT2D eigenvalue weighted by Gasteiger charge is -2.31. The lowest BCUT2D eigenvalue weighted by Crippen LogP contribution is -2.37. The fourth-order valence-electron chi connectivity index (χ4n) is 4.53. The number of aromatic nitrogens is 4. The predicted molar refractivity (Wildman–Crippen MR) is 132 cm³/mol. The standard InChI is InChI=1S/C24H26N8O3/c25-10-13-30-11-8-17(9-12-30)31-24-21(23(26)27-15-28-24)22(29-31)16-6-7-20(19(14-16)32(33)34)35-18-4-2-1-3-5-18/h1-7,14-15,17H,8-13,25H2,(H2,26,27,28). The summed E-state index contributed by atoms with van der Waals surface area (Å²) in [5.41, 5.74) is 13.5. The first-order valence-corrected chi connectivity index (χ1v) is 11.5. The Labute approximate surface area is 201 Å². The van der Waals surface area contributed by atoms with Crippen LogP contribution in [0.1, 0.15) is 18.9 Å². The van der Waals surface area contributed by atoms with Crippen molar-refractivity contribution in [3.8, 4) is 22.8 Å². The number of benzene rings is 2. The number of nitrogens with zero attached hydrogens (tertiary/aromatic N) is 6. The Morgan fingerprint density at radius 3 is 2.60 bits per heavy atom. The Balaban J connectivity index is 1.54. The second kappa shape index (κ2) is 9.65. The van der Waals surface area contributed by atoms with Crippen LogP contribution in [-0.2, 0) is 0 Å². The highest BCUT2D eigenvalue weighted by Gasteiger charge is 2.27. The maximum atomic E-state index is 11.9. The number of hydrogen-bond donors (Lipinski definition) is 2. The number of nitro benzene ring substituents is 1. The Bertz CT molecular complexity index is 1350. The molecule has 1 fully saturated rings. The highest BCUT2D eigenvalue weighted by Crippen LogP contribution is 2.39. The number of piperidine rings is 1. The monoisotopic (exact) mass is 474 g/mol. The molecule has 4 N–H and O–H groups in total. The van der Waals surface area contributed by atoms with E-state index >= 15 is 0 Å². The van der Waals surface area contributed by atoms with Crippen LogP contribution in [0.25, 0.3) is 22.3 Å². The fraction of sp³-hybridized carbons (Fsp3) is 0.292. The van der Waals surface area contributed by atoms with E-state index in [1.54, 1.807) is 36.4 Å². The fourth-order valence-corrected chi connectivity index (χ4v) is 4.53. The van der Waals surface area contributed by atoms with E-state index in [4.69, 9.17) is 21.3 Å². The molecule has 11 heteroatoms. The minimum absolute atomic E-state index is 0.130. The van der Waals surface area contributed by atoms with Crippen LogP contribution in [0.5, 0.6) is 11.5 Å².